The maximum atomic E-state index is 13.5. The van der Waals surface area contributed by atoms with Gasteiger partial charge < -0.3 is 16.2 Å². The number of hydrogen-bond acceptors (Lipinski definition) is 3. The molecule has 1 amide bonds. The molecule has 0 fully saturated rings. The molecule has 0 aromatic heterocycles. The summed E-state index contributed by atoms with van der Waals surface area (Å²) in [5, 5.41) is 0. The number of rotatable bonds is 4. The topological polar surface area (TPSA) is 78.3 Å². The Labute approximate surface area is 114 Å². The lowest BCUT2D eigenvalue weighted by Crippen LogP contribution is -2.10. The Bertz CT molecular complexity index is 642. The van der Waals surface area contributed by atoms with Crippen LogP contribution in [0.2, 0.25) is 0 Å². The van der Waals surface area contributed by atoms with Gasteiger partial charge in [0.05, 0.1) is 5.69 Å². The number of ether oxygens (including phenoxy) is 1. The summed E-state index contributed by atoms with van der Waals surface area (Å²) in [5.74, 6) is -2.25. The number of benzene rings is 2. The maximum absolute atomic E-state index is 13.5. The van der Waals surface area contributed by atoms with Gasteiger partial charge in [-0.2, -0.15) is 0 Å². The number of hydrogen-bond donors (Lipinski definition) is 2. The van der Waals surface area contributed by atoms with Crippen LogP contribution in [0.3, 0.4) is 0 Å². The zero-order valence-corrected chi connectivity index (χ0v) is 10.4. The minimum Gasteiger partial charge on any atom is -0.486 e. The molecule has 6 heteroatoms. The normalized spacial score (nSPS) is 10.3. The molecule has 0 unspecified atom stereocenters. The van der Waals surface area contributed by atoms with E-state index in [1.807, 2.05) is 0 Å². The molecule has 4 N–H and O–H groups in total. The van der Waals surface area contributed by atoms with Crippen LogP contribution >= 0.6 is 0 Å². The van der Waals surface area contributed by atoms with Crippen molar-refractivity contribution >= 4 is 11.6 Å². The van der Waals surface area contributed by atoms with Gasteiger partial charge in [0.1, 0.15) is 12.4 Å². The predicted octanol–water partition coefficient (Wildman–Crippen LogP) is 2.22. The van der Waals surface area contributed by atoms with E-state index in [1.54, 1.807) is 12.1 Å². The Morgan fingerprint density at radius 3 is 2.35 bits per heavy atom. The van der Waals surface area contributed by atoms with E-state index in [4.69, 9.17) is 16.2 Å². The van der Waals surface area contributed by atoms with Crippen LogP contribution in [0.1, 0.15) is 15.9 Å². The smallest absolute Gasteiger partial charge is 0.248 e. The highest BCUT2D eigenvalue weighted by Crippen LogP contribution is 2.23. The molecule has 0 heterocycles. The molecule has 0 aliphatic heterocycles. The van der Waals surface area contributed by atoms with Crippen LogP contribution in [0, 0.1) is 11.6 Å². The molecule has 4 nitrogen and oxygen atoms in total. The van der Waals surface area contributed by atoms with Gasteiger partial charge in [0.2, 0.25) is 5.91 Å². The summed E-state index contributed by atoms with van der Waals surface area (Å²) in [7, 11) is 0. The van der Waals surface area contributed by atoms with Crippen LogP contribution in [-0.4, -0.2) is 5.91 Å². The molecule has 2 aromatic rings. The summed E-state index contributed by atoms with van der Waals surface area (Å²) >= 11 is 0. The van der Waals surface area contributed by atoms with Crippen molar-refractivity contribution in [2.75, 3.05) is 5.73 Å². The zero-order chi connectivity index (χ0) is 14.7. The van der Waals surface area contributed by atoms with E-state index < -0.39 is 17.5 Å². The Hall–Kier alpha value is -2.63. The first-order chi connectivity index (χ1) is 9.47. The molecule has 104 valence electrons. The Morgan fingerprint density at radius 1 is 1.10 bits per heavy atom. The van der Waals surface area contributed by atoms with Gasteiger partial charge in [0, 0.05) is 17.7 Å². The summed E-state index contributed by atoms with van der Waals surface area (Å²) in [5.41, 5.74) is 11.1. The fourth-order valence-corrected chi connectivity index (χ4v) is 1.58. The van der Waals surface area contributed by atoms with Crippen LogP contribution in [-0.2, 0) is 6.61 Å². The molecule has 0 spiro atoms. The van der Waals surface area contributed by atoms with Crippen molar-refractivity contribution in [2.24, 2.45) is 5.73 Å². The van der Waals surface area contributed by atoms with Crippen molar-refractivity contribution in [2.45, 2.75) is 6.61 Å². The average Bonchev–Trinajstić information content (AvgIpc) is 2.42. The fraction of sp³-hybridized carbons (Fsp3) is 0.0714. The summed E-state index contributed by atoms with van der Waals surface area (Å²) in [6.45, 7) is 0.0271. The van der Waals surface area contributed by atoms with Crippen molar-refractivity contribution in [1.82, 2.24) is 0 Å². The standard InChI is InChI=1S/C14H12F2N2O2/c15-10-6-13(11(16)5-12(10)17)20-7-8-1-3-9(4-2-8)14(18)19/h1-6H,7,17H2,(H2,18,19). The minimum absolute atomic E-state index is 0.0271. The molecule has 2 aromatic carbocycles. The van der Waals surface area contributed by atoms with E-state index in [2.05, 4.69) is 0 Å². The molecule has 0 aliphatic carbocycles. The van der Waals surface area contributed by atoms with Crippen LogP contribution < -0.4 is 16.2 Å². The summed E-state index contributed by atoms with van der Waals surface area (Å²) in [6.07, 6.45) is 0. The third-order valence-electron chi connectivity index (χ3n) is 2.68. The number of carbonyl (C=O) groups is 1. The quantitative estimate of drug-likeness (QED) is 0.842. The van der Waals surface area contributed by atoms with Gasteiger partial charge in [-0.3, -0.25) is 4.79 Å². The summed E-state index contributed by atoms with van der Waals surface area (Å²) in [6, 6.07) is 8.04. The Morgan fingerprint density at radius 2 is 1.75 bits per heavy atom. The van der Waals surface area contributed by atoms with Crippen LogP contribution in [0.25, 0.3) is 0 Å². The average molecular weight is 278 g/mol. The first kappa shape index (κ1) is 13.8. The van der Waals surface area contributed by atoms with Crippen molar-refractivity contribution in [3.63, 3.8) is 0 Å². The van der Waals surface area contributed by atoms with E-state index in [9.17, 15) is 13.6 Å². The lowest BCUT2D eigenvalue weighted by atomic mass is 10.1. The molecule has 0 radical (unpaired) electrons. The van der Waals surface area contributed by atoms with E-state index >= 15 is 0 Å². The summed E-state index contributed by atoms with van der Waals surface area (Å²) in [4.78, 5) is 10.9. The van der Waals surface area contributed by atoms with E-state index in [0.29, 0.717) is 11.1 Å². The third kappa shape index (κ3) is 3.03. The van der Waals surface area contributed by atoms with Gasteiger partial charge >= 0.3 is 0 Å². The Kier molecular flexibility index (Phi) is 3.84. The molecule has 0 atom stereocenters. The van der Waals surface area contributed by atoms with Gasteiger partial charge in [-0.15, -0.1) is 0 Å². The second-order valence-corrected chi connectivity index (χ2v) is 4.15. The Balaban J connectivity index is 2.09. The molecular weight excluding hydrogens is 266 g/mol. The van der Waals surface area contributed by atoms with Gasteiger partial charge in [-0.05, 0) is 17.7 Å². The molecule has 20 heavy (non-hydrogen) atoms. The van der Waals surface area contributed by atoms with Gasteiger partial charge in [0.15, 0.2) is 11.6 Å². The highest BCUT2D eigenvalue weighted by Gasteiger charge is 2.09. The monoisotopic (exact) mass is 278 g/mol. The van der Waals surface area contributed by atoms with Crippen LogP contribution in [0.5, 0.6) is 5.75 Å². The SMILES string of the molecule is NC(=O)c1ccc(COc2cc(F)c(N)cc2F)cc1. The highest BCUT2D eigenvalue weighted by atomic mass is 19.1. The molecule has 0 saturated heterocycles. The predicted molar refractivity (Wildman–Crippen MR) is 70.1 cm³/mol. The number of nitrogens with two attached hydrogens (primary N) is 2. The van der Waals surface area contributed by atoms with Crippen molar-refractivity contribution in [3.05, 3.63) is 59.2 Å². The molecule has 0 saturated carbocycles. The van der Waals surface area contributed by atoms with Crippen LogP contribution in [0.4, 0.5) is 14.5 Å². The number of primary amides is 1. The lowest BCUT2D eigenvalue weighted by Gasteiger charge is -2.08. The number of nitrogen functional groups attached to an aromatic ring is 1. The number of carbonyl (C=O) groups excluding carboxylic acids is 1. The molecule has 2 rings (SSSR count). The van der Waals surface area contributed by atoms with Gasteiger partial charge in [-0.1, -0.05) is 12.1 Å². The zero-order valence-electron chi connectivity index (χ0n) is 10.4. The molecule has 0 bridgehead atoms. The van der Waals surface area contributed by atoms with Crippen molar-refractivity contribution < 1.29 is 18.3 Å². The third-order valence-corrected chi connectivity index (χ3v) is 2.68. The van der Waals surface area contributed by atoms with Crippen LogP contribution in [0.15, 0.2) is 36.4 Å². The number of amides is 1. The first-order valence-corrected chi connectivity index (χ1v) is 5.73. The van der Waals surface area contributed by atoms with Crippen molar-refractivity contribution in [3.8, 4) is 5.75 Å². The second-order valence-electron chi connectivity index (χ2n) is 4.15. The summed E-state index contributed by atoms with van der Waals surface area (Å²) < 4.78 is 31.8. The fourth-order valence-electron chi connectivity index (χ4n) is 1.58. The second kappa shape index (κ2) is 5.56. The first-order valence-electron chi connectivity index (χ1n) is 5.73. The van der Waals surface area contributed by atoms with Gasteiger partial charge in [-0.25, -0.2) is 8.78 Å². The maximum Gasteiger partial charge on any atom is 0.248 e. The highest BCUT2D eigenvalue weighted by molar-refractivity contribution is 5.92. The van der Waals surface area contributed by atoms with E-state index in [1.165, 1.54) is 12.1 Å². The molecule has 0 aliphatic rings. The largest absolute Gasteiger partial charge is 0.486 e. The minimum atomic E-state index is -0.745. The van der Waals surface area contributed by atoms with E-state index in [-0.39, 0.29) is 18.0 Å². The van der Waals surface area contributed by atoms with E-state index in [0.717, 1.165) is 12.1 Å². The van der Waals surface area contributed by atoms with Crippen molar-refractivity contribution in [1.29, 1.82) is 0 Å². The van der Waals surface area contributed by atoms with Gasteiger partial charge in [0.25, 0.3) is 0 Å². The number of anilines is 1. The lowest BCUT2D eigenvalue weighted by molar-refractivity contribution is 0.1000. The molecular formula is C14H12F2N2O2. The number of halogens is 2.